The first kappa shape index (κ1) is 24.0. The van der Waals surface area contributed by atoms with E-state index in [1.54, 1.807) is 12.1 Å². The highest BCUT2D eigenvalue weighted by molar-refractivity contribution is 5.97. The average Bonchev–Trinajstić information content (AvgIpc) is 2.63. The number of rotatable bonds is 6. The van der Waals surface area contributed by atoms with Gasteiger partial charge in [0, 0.05) is 16.7 Å². The molecule has 1 rings (SSSR count). The summed E-state index contributed by atoms with van der Waals surface area (Å²) >= 11 is 0. The summed E-state index contributed by atoms with van der Waals surface area (Å²) in [6.07, 6.45) is -4.29. The van der Waals surface area contributed by atoms with E-state index in [9.17, 15) is 22.8 Å². The second-order valence-electron chi connectivity index (χ2n) is 6.55. The number of benzene rings is 1. The van der Waals surface area contributed by atoms with Crippen LogP contribution in [0.4, 0.5) is 13.2 Å². The Hall–Kier alpha value is -3.05. The van der Waals surface area contributed by atoms with Gasteiger partial charge in [-0.15, -0.1) is 0 Å². The van der Waals surface area contributed by atoms with Crippen LogP contribution < -0.4 is 21.8 Å². The minimum absolute atomic E-state index is 0.145. The number of hydrogen-bond donors (Lipinski definition) is 5. The summed E-state index contributed by atoms with van der Waals surface area (Å²) in [5, 5.41) is 13.4. The van der Waals surface area contributed by atoms with Gasteiger partial charge in [-0.1, -0.05) is 11.8 Å². The fraction of sp³-hybridized carbons (Fsp3) is 0.368. The lowest BCUT2D eigenvalue weighted by Crippen LogP contribution is -2.61. The summed E-state index contributed by atoms with van der Waals surface area (Å²) in [6, 6.07) is 4.85. The van der Waals surface area contributed by atoms with E-state index in [1.807, 2.05) is 0 Å². The van der Waals surface area contributed by atoms with Crippen LogP contribution in [0.2, 0.25) is 0 Å². The molecule has 0 bridgehead atoms. The molecule has 29 heavy (non-hydrogen) atoms. The molecule has 1 aromatic rings. The average molecular weight is 410 g/mol. The first-order chi connectivity index (χ1) is 13.4. The van der Waals surface area contributed by atoms with Gasteiger partial charge in [0.25, 0.3) is 11.8 Å². The zero-order valence-corrected chi connectivity index (χ0v) is 15.8. The third-order valence-corrected chi connectivity index (χ3v) is 3.44. The van der Waals surface area contributed by atoms with Crippen LogP contribution in [-0.4, -0.2) is 47.9 Å². The number of alkyl halides is 3. The molecule has 6 N–H and O–H groups in total. The molecule has 0 aromatic heterocycles. The van der Waals surface area contributed by atoms with E-state index in [0.717, 1.165) is 0 Å². The Balaban J connectivity index is 2.68. The Bertz CT molecular complexity index is 838. The molecule has 0 aliphatic heterocycles. The van der Waals surface area contributed by atoms with Crippen molar-refractivity contribution in [2.24, 2.45) is 5.73 Å². The molecular formula is C19H21F3N4O3. The second kappa shape index (κ2) is 10.5. The van der Waals surface area contributed by atoms with Crippen LogP contribution in [0.5, 0.6) is 0 Å². The summed E-state index contributed by atoms with van der Waals surface area (Å²) in [5.74, 6) is 8.61. The molecule has 2 amide bonds. The Morgan fingerprint density at radius 2 is 1.79 bits per heavy atom. The van der Waals surface area contributed by atoms with Gasteiger partial charge in [-0.2, -0.15) is 13.2 Å². The largest absolute Gasteiger partial charge is 0.401 e. The lowest BCUT2D eigenvalue weighted by Gasteiger charge is -2.29. The fourth-order valence-corrected chi connectivity index (χ4v) is 2.03. The molecule has 10 heteroatoms. The number of nitrogens with two attached hydrogens (primary N) is 1. The molecule has 1 aromatic carbocycles. The van der Waals surface area contributed by atoms with Crippen LogP contribution in [0.1, 0.15) is 29.8 Å². The molecule has 0 radical (unpaired) electrons. The molecule has 156 valence electrons. The van der Waals surface area contributed by atoms with Gasteiger partial charge in [-0.3, -0.25) is 20.1 Å². The van der Waals surface area contributed by atoms with Crippen LogP contribution in [0.25, 0.3) is 0 Å². The minimum atomic E-state index is -4.29. The van der Waals surface area contributed by atoms with Crippen LogP contribution in [-0.2, 0) is 4.79 Å². The van der Waals surface area contributed by atoms with Crippen molar-refractivity contribution in [1.29, 1.82) is 0 Å². The predicted octanol–water partition coefficient (Wildman–Crippen LogP) is 0.535. The van der Waals surface area contributed by atoms with Crippen LogP contribution >= 0.6 is 0 Å². The summed E-state index contributed by atoms with van der Waals surface area (Å²) in [5.41, 5.74) is 6.95. The van der Waals surface area contributed by atoms with Gasteiger partial charge >= 0.3 is 6.18 Å². The van der Waals surface area contributed by atoms with E-state index >= 15 is 0 Å². The van der Waals surface area contributed by atoms with E-state index < -0.39 is 36.1 Å². The number of hydroxylamine groups is 1. The monoisotopic (exact) mass is 410 g/mol. The van der Waals surface area contributed by atoms with E-state index in [4.69, 9.17) is 10.9 Å². The van der Waals surface area contributed by atoms with Crippen molar-refractivity contribution in [3.8, 4) is 23.7 Å². The minimum Gasteiger partial charge on any atom is -0.338 e. The van der Waals surface area contributed by atoms with Crippen molar-refractivity contribution >= 4 is 11.8 Å². The van der Waals surface area contributed by atoms with Crippen LogP contribution in [0.3, 0.4) is 0 Å². The van der Waals surface area contributed by atoms with Crippen molar-refractivity contribution < 1.29 is 28.0 Å². The van der Waals surface area contributed by atoms with Crippen molar-refractivity contribution in [2.45, 2.75) is 31.6 Å². The molecule has 0 heterocycles. The summed E-state index contributed by atoms with van der Waals surface area (Å²) < 4.78 is 35.8. The molecule has 1 atom stereocenters. The van der Waals surface area contributed by atoms with Crippen molar-refractivity contribution in [3.63, 3.8) is 0 Å². The van der Waals surface area contributed by atoms with E-state index in [-0.39, 0.29) is 12.1 Å². The number of hydrogen-bond acceptors (Lipinski definition) is 5. The number of halogens is 3. The van der Waals surface area contributed by atoms with Crippen LogP contribution in [0, 0.1) is 23.7 Å². The van der Waals surface area contributed by atoms with Gasteiger partial charge in [0.1, 0.15) is 6.04 Å². The quantitative estimate of drug-likeness (QED) is 0.203. The SMILES string of the molecule is CC(C)(N)[C@H](NC(=O)c1ccc(C#CC#CCNCC(F)(F)F)cc1)C(=O)NO. The fourth-order valence-electron chi connectivity index (χ4n) is 2.03. The van der Waals surface area contributed by atoms with Gasteiger partial charge in [-0.25, -0.2) is 5.48 Å². The lowest BCUT2D eigenvalue weighted by molar-refractivity contribution is -0.132. The maximum absolute atomic E-state index is 12.3. The zero-order valence-electron chi connectivity index (χ0n) is 15.8. The van der Waals surface area contributed by atoms with E-state index in [0.29, 0.717) is 5.56 Å². The molecule has 7 nitrogen and oxygen atoms in total. The Kier molecular flexibility index (Phi) is 8.67. The molecule has 0 saturated carbocycles. The predicted molar refractivity (Wildman–Crippen MR) is 99.5 cm³/mol. The topological polar surface area (TPSA) is 116 Å². The summed E-state index contributed by atoms with van der Waals surface area (Å²) in [6.45, 7) is 1.77. The molecule has 0 aliphatic carbocycles. The van der Waals surface area contributed by atoms with E-state index in [1.165, 1.54) is 31.5 Å². The number of amides is 2. The summed E-state index contributed by atoms with van der Waals surface area (Å²) in [7, 11) is 0. The third-order valence-electron chi connectivity index (χ3n) is 3.44. The molecule has 0 spiro atoms. The Morgan fingerprint density at radius 3 is 2.31 bits per heavy atom. The highest BCUT2D eigenvalue weighted by Gasteiger charge is 2.33. The van der Waals surface area contributed by atoms with Gasteiger partial charge in [0.2, 0.25) is 0 Å². The van der Waals surface area contributed by atoms with Crippen molar-refractivity contribution in [2.75, 3.05) is 13.1 Å². The van der Waals surface area contributed by atoms with Gasteiger partial charge in [0.15, 0.2) is 0 Å². The highest BCUT2D eigenvalue weighted by Crippen LogP contribution is 2.11. The summed E-state index contributed by atoms with van der Waals surface area (Å²) in [4.78, 5) is 24.0. The van der Waals surface area contributed by atoms with Crippen molar-refractivity contribution in [1.82, 2.24) is 16.1 Å². The van der Waals surface area contributed by atoms with Crippen molar-refractivity contribution in [3.05, 3.63) is 35.4 Å². The number of carbonyl (C=O) groups excluding carboxylic acids is 2. The number of carbonyl (C=O) groups is 2. The molecule has 0 fully saturated rings. The third kappa shape index (κ3) is 9.12. The molecule has 0 aliphatic rings. The Morgan fingerprint density at radius 1 is 1.17 bits per heavy atom. The standard InChI is InChI=1S/C19H21F3N4O3/c1-18(2,23)15(17(28)26-29)25-16(27)14-9-7-13(8-10-14)6-4-3-5-11-24-12-19(20,21)22/h7-10,15,24,29H,11-12,23H2,1-2H3,(H,25,27)(H,26,28)/t15-/m1/s1. The van der Waals surface area contributed by atoms with Gasteiger partial charge < -0.3 is 11.1 Å². The van der Waals surface area contributed by atoms with Gasteiger partial charge in [0.05, 0.1) is 13.1 Å². The van der Waals surface area contributed by atoms with Crippen LogP contribution in [0.15, 0.2) is 24.3 Å². The zero-order chi connectivity index (χ0) is 22.1. The smallest absolute Gasteiger partial charge is 0.338 e. The molecular weight excluding hydrogens is 389 g/mol. The van der Waals surface area contributed by atoms with E-state index in [2.05, 4.69) is 34.3 Å². The maximum Gasteiger partial charge on any atom is 0.401 e. The Labute approximate surface area is 166 Å². The first-order valence-corrected chi connectivity index (χ1v) is 8.34. The van der Waals surface area contributed by atoms with Gasteiger partial charge in [-0.05, 0) is 50.0 Å². The lowest BCUT2D eigenvalue weighted by atomic mass is 9.95. The maximum atomic E-state index is 12.3. The number of nitrogens with one attached hydrogen (secondary N) is 3. The second-order valence-corrected chi connectivity index (χ2v) is 6.55. The molecule has 0 saturated heterocycles. The highest BCUT2D eigenvalue weighted by atomic mass is 19.4. The molecule has 0 unspecified atom stereocenters. The first-order valence-electron chi connectivity index (χ1n) is 8.34. The normalized spacial score (nSPS) is 12.0.